The molecule has 0 aliphatic heterocycles. The molecule has 232 valence electrons. The summed E-state index contributed by atoms with van der Waals surface area (Å²) in [6.07, 6.45) is 0.942. The Bertz CT molecular complexity index is 1640. The Morgan fingerprint density at radius 3 is 2.07 bits per heavy atom. The molecule has 1 unspecified atom stereocenters. The zero-order valence-electron chi connectivity index (χ0n) is 25.3. The van der Waals surface area contributed by atoms with Crippen LogP contribution in [0.4, 0.5) is 8.78 Å². The predicted molar refractivity (Wildman–Crippen MR) is 167 cm³/mol. The summed E-state index contributed by atoms with van der Waals surface area (Å²) in [5, 5.41) is 0. The third-order valence-corrected chi connectivity index (χ3v) is 8.75. The second-order valence-corrected chi connectivity index (χ2v) is 12.9. The number of sulfone groups is 1. The van der Waals surface area contributed by atoms with Crippen LogP contribution in [0.5, 0.6) is 5.75 Å². The standard InChI is InChI=1S/C35H37F2NO5S/c1-24(43-29-20-32(37)34(35(39)42-3)33(21-29)44(4,40)41)18-19-38(22-28-16-11-17-31(36)25(28)2)23-30(26-12-7-5-8-13-26)27-14-9-6-10-15-27/h5-17,20-21,24,30H,18-19,22-23H2,1-4H3. The van der Waals surface area contributed by atoms with Gasteiger partial charge in [0, 0.05) is 37.9 Å². The summed E-state index contributed by atoms with van der Waals surface area (Å²) in [4.78, 5) is 13.9. The molecule has 0 fully saturated rings. The normalized spacial score (nSPS) is 12.4. The highest BCUT2D eigenvalue weighted by Crippen LogP contribution is 2.29. The number of rotatable bonds is 13. The molecule has 0 N–H and O–H groups in total. The van der Waals surface area contributed by atoms with Crippen molar-refractivity contribution in [1.29, 1.82) is 0 Å². The lowest BCUT2D eigenvalue weighted by molar-refractivity contribution is 0.0590. The van der Waals surface area contributed by atoms with Gasteiger partial charge in [0.15, 0.2) is 9.84 Å². The molecule has 1 atom stereocenters. The van der Waals surface area contributed by atoms with E-state index in [1.807, 2.05) is 49.4 Å². The van der Waals surface area contributed by atoms with Crippen molar-refractivity contribution in [1.82, 2.24) is 4.90 Å². The van der Waals surface area contributed by atoms with Crippen LogP contribution in [0.2, 0.25) is 0 Å². The van der Waals surface area contributed by atoms with Crippen molar-refractivity contribution in [2.24, 2.45) is 0 Å². The van der Waals surface area contributed by atoms with E-state index < -0.39 is 38.2 Å². The Kier molecular flexibility index (Phi) is 10.9. The summed E-state index contributed by atoms with van der Waals surface area (Å²) in [6.45, 7) is 5.26. The average molecular weight is 622 g/mol. The Labute approximate surface area is 258 Å². The molecule has 4 aromatic rings. The molecule has 0 heterocycles. The number of carbonyl (C=O) groups is 1. The van der Waals surface area contributed by atoms with Crippen molar-refractivity contribution in [3.63, 3.8) is 0 Å². The van der Waals surface area contributed by atoms with Gasteiger partial charge in [0.25, 0.3) is 0 Å². The number of nitrogens with zero attached hydrogens (tertiary/aromatic N) is 1. The van der Waals surface area contributed by atoms with E-state index in [1.54, 1.807) is 13.0 Å². The number of ether oxygens (including phenoxy) is 2. The molecule has 6 nitrogen and oxygen atoms in total. The lowest BCUT2D eigenvalue weighted by Gasteiger charge is -2.30. The zero-order chi connectivity index (χ0) is 31.9. The number of benzene rings is 4. The molecule has 0 bridgehead atoms. The largest absolute Gasteiger partial charge is 0.491 e. The van der Waals surface area contributed by atoms with Gasteiger partial charge < -0.3 is 9.47 Å². The van der Waals surface area contributed by atoms with E-state index in [9.17, 15) is 22.0 Å². The summed E-state index contributed by atoms with van der Waals surface area (Å²) in [5.74, 6) is -2.36. The van der Waals surface area contributed by atoms with Gasteiger partial charge >= 0.3 is 5.97 Å². The molecular weight excluding hydrogens is 584 g/mol. The van der Waals surface area contributed by atoms with Crippen LogP contribution in [0.3, 0.4) is 0 Å². The minimum absolute atomic E-state index is 0.0120. The number of hydrogen-bond donors (Lipinski definition) is 0. The molecular formula is C35H37F2NO5S. The second kappa shape index (κ2) is 14.6. The monoisotopic (exact) mass is 621 g/mol. The molecule has 0 spiro atoms. The SMILES string of the molecule is COC(=O)c1c(F)cc(OC(C)CCN(Cc2cccc(F)c2C)CC(c2ccccc2)c2ccccc2)cc1S(C)(=O)=O. The maximum Gasteiger partial charge on any atom is 0.342 e. The maximum atomic E-state index is 14.9. The van der Waals surface area contributed by atoms with Gasteiger partial charge in [0.05, 0.1) is 18.1 Å². The van der Waals surface area contributed by atoms with Crippen molar-refractivity contribution < 1.29 is 31.5 Å². The van der Waals surface area contributed by atoms with Gasteiger partial charge in [-0.15, -0.1) is 0 Å². The van der Waals surface area contributed by atoms with E-state index in [-0.39, 0.29) is 17.5 Å². The van der Waals surface area contributed by atoms with Crippen LogP contribution in [0.15, 0.2) is 95.9 Å². The van der Waals surface area contributed by atoms with Gasteiger partial charge in [-0.1, -0.05) is 72.8 Å². The molecule has 0 radical (unpaired) electrons. The molecule has 0 saturated heterocycles. The Balaban J connectivity index is 1.59. The van der Waals surface area contributed by atoms with Gasteiger partial charge in [-0.25, -0.2) is 22.0 Å². The fraction of sp³-hybridized carbons (Fsp3) is 0.286. The number of methoxy groups -OCH3 is 1. The zero-order valence-corrected chi connectivity index (χ0v) is 26.1. The lowest BCUT2D eigenvalue weighted by Crippen LogP contribution is -2.32. The van der Waals surface area contributed by atoms with E-state index in [2.05, 4.69) is 33.9 Å². The predicted octanol–water partition coefficient (Wildman–Crippen LogP) is 6.96. The number of esters is 1. The van der Waals surface area contributed by atoms with Crippen LogP contribution in [-0.4, -0.2) is 51.8 Å². The minimum atomic E-state index is -3.96. The third kappa shape index (κ3) is 8.30. The highest BCUT2D eigenvalue weighted by Gasteiger charge is 2.26. The first kappa shape index (κ1) is 32.8. The number of halogens is 2. The Morgan fingerprint density at radius 2 is 1.50 bits per heavy atom. The second-order valence-electron chi connectivity index (χ2n) is 10.9. The first-order chi connectivity index (χ1) is 21.0. The average Bonchev–Trinajstić information content (AvgIpc) is 3.00. The lowest BCUT2D eigenvalue weighted by atomic mass is 9.90. The summed E-state index contributed by atoms with van der Waals surface area (Å²) in [7, 11) is -2.91. The molecule has 0 saturated carbocycles. The first-order valence-electron chi connectivity index (χ1n) is 14.3. The van der Waals surface area contributed by atoms with Crippen LogP contribution in [-0.2, 0) is 21.1 Å². The summed E-state index contributed by atoms with van der Waals surface area (Å²) in [5.41, 5.74) is 3.11. The van der Waals surface area contributed by atoms with Gasteiger partial charge in [0.2, 0.25) is 0 Å². The van der Waals surface area contributed by atoms with E-state index >= 15 is 0 Å². The molecule has 4 rings (SSSR count). The quantitative estimate of drug-likeness (QED) is 0.150. The van der Waals surface area contributed by atoms with Crippen LogP contribution < -0.4 is 4.74 Å². The van der Waals surface area contributed by atoms with Crippen molar-refractivity contribution in [3.05, 3.63) is 130 Å². The van der Waals surface area contributed by atoms with Crippen molar-refractivity contribution in [3.8, 4) is 5.75 Å². The highest BCUT2D eigenvalue weighted by molar-refractivity contribution is 7.90. The smallest absolute Gasteiger partial charge is 0.342 e. The maximum absolute atomic E-state index is 14.9. The highest BCUT2D eigenvalue weighted by atomic mass is 32.2. The fourth-order valence-corrected chi connectivity index (χ4v) is 6.09. The molecule has 44 heavy (non-hydrogen) atoms. The van der Waals surface area contributed by atoms with Crippen LogP contribution in [0, 0.1) is 18.6 Å². The van der Waals surface area contributed by atoms with Crippen LogP contribution in [0.25, 0.3) is 0 Å². The molecule has 9 heteroatoms. The number of carbonyl (C=O) groups excluding carboxylic acids is 1. The van der Waals surface area contributed by atoms with Crippen molar-refractivity contribution in [2.45, 2.75) is 43.7 Å². The van der Waals surface area contributed by atoms with E-state index in [1.165, 1.54) is 6.07 Å². The number of hydrogen-bond acceptors (Lipinski definition) is 6. The Morgan fingerprint density at radius 1 is 0.886 bits per heavy atom. The van der Waals surface area contributed by atoms with Gasteiger partial charge in [0.1, 0.15) is 22.9 Å². The Hall–Kier alpha value is -4.08. The van der Waals surface area contributed by atoms with Crippen molar-refractivity contribution in [2.75, 3.05) is 26.5 Å². The molecule has 0 amide bonds. The molecule has 0 aliphatic carbocycles. The van der Waals surface area contributed by atoms with E-state index in [0.29, 0.717) is 31.6 Å². The van der Waals surface area contributed by atoms with E-state index in [4.69, 9.17) is 4.74 Å². The summed E-state index contributed by atoms with van der Waals surface area (Å²) < 4.78 is 64.7. The van der Waals surface area contributed by atoms with Crippen LogP contribution in [0.1, 0.15) is 51.9 Å². The van der Waals surface area contributed by atoms with Crippen molar-refractivity contribution >= 4 is 15.8 Å². The van der Waals surface area contributed by atoms with Gasteiger partial charge in [-0.05, 0) is 54.7 Å². The first-order valence-corrected chi connectivity index (χ1v) is 16.2. The minimum Gasteiger partial charge on any atom is -0.491 e. The van der Waals surface area contributed by atoms with Gasteiger partial charge in [-0.3, -0.25) is 4.90 Å². The molecule has 4 aromatic carbocycles. The van der Waals surface area contributed by atoms with Crippen LogP contribution >= 0.6 is 0 Å². The fourth-order valence-electron chi connectivity index (χ4n) is 5.21. The molecule has 0 aromatic heterocycles. The third-order valence-electron chi connectivity index (χ3n) is 7.62. The molecule has 0 aliphatic rings. The summed E-state index contributed by atoms with van der Waals surface area (Å²) >= 11 is 0. The topological polar surface area (TPSA) is 72.9 Å². The van der Waals surface area contributed by atoms with Gasteiger partial charge in [-0.2, -0.15) is 0 Å². The summed E-state index contributed by atoms with van der Waals surface area (Å²) in [6, 6.07) is 27.6. The van der Waals surface area contributed by atoms with E-state index in [0.717, 1.165) is 42.2 Å².